The van der Waals surface area contributed by atoms with E-state index in [2.05, 4.69) is 29.0 Å². The molecular formula is C19H26N4O2. The molecule has 1 aliphatic rings. The van der Waals surface area contributed by atoms with Crippen molar-refractivity contribution >= 4 is 16.8 Å². The van der Waals surface area contributed by atoms with Crippen LogP contribution in [0.2, 0.25) is 0 Å². The van der Waals surface area contributed by atoms with Gasteiger partial charge in [0.1, 0.15) is 6.54 Å². The van der Waals surface area contributed by atoms with Gasteiger partial charge in [0.05, 0.1) is 17.2 Å². The predicted octanol–water partition coefficient (Wildman–Crippen LogP) is 1.63. The Balaban J connectivity index is 1.58. The second-order valence-corrected chi connectivity index (χ2v) is 7.10. The van der Waals surface area contributed by atoms with Crippen LogP contribution in [-0.4, -0.2) is 46.0 Å². The Kier molecular flexibility index (Phi) is 5.48. The van der Waals surface area contributed by atoms with E-state index in [0.717, 1.165) is 19.5 Å². The Bertz CT molecular complexity index is 799. The molecule has 0 aliphatic carbocycles. The minimum Gasteiger partial charge on any atom is -0.354 e. The van der Waals surface area contributed by atoms with Crippen molar-refractivity contribution in [2.24, 2.45) is 5.92 Å². The summed E-state index contributed by atoms with van der Waals surface area (Å²) in [4.78, 5) is 31.4. The maximum absolute atomic E-state index is 12.4. The molecule has 0 saturated carbocycles. The van der Waals surface area contributed by atoms with Gasteiger partial charge in [0.25, 0.3) is 5.56 Å². The first-order valence-electron chi connectivity index (χ1n) is 8.99. The van der Waals surface area contributed by atoms with Crippen LogP contribution in [0, 0.1) is 5.92 Å². The van der Waals surface area contributed by atoms with Gasteiger partial charge in [-0.15, -0.1) is 0 Å². The number of amides is 1. The van der Waals surface area contributed by atoms with Gasteiger partial charge in [0.15, 0.2) is 0 Å². The Morgan fingerprint density at radius 2 is 2.16 bits per heavy atom. The fourth-order valence-electron chi connectivity index (χ4n) is 3.42. The molecule has 1 aromatic heterocycles. The largest absolute Gasteiger partial charge is 0.354 e. The lowest BCUT2D eigenvalue weighted by atomic mass is 9.97. The number of piperidine rings is 1. The molecule has 2 aromatic rings. The molecular weight excluding hydrogens is 316 g/mol. The molecule has 1 amide bonds. The molecule has 1 N–H and O–H groups in total. The van der Waals surface area contributed by atoms with Gasteiger partial charge in [0.2, 0.25) is 5.91 Å². The molecule has 1 unspecified atom stereocenters. The van der Waals surface area contributed by atoms with Gasteiger partial charge in [-0.05, 0) is 51.3 Å². The SMILES string of the molecule is CC(C)N1CCCC(CNC(=O)Cn2cnc3ccccc3c2=O)C1. The third kappa shape index (κ3) is 4.25. The molecule has 1 atom stereocenters. The van der Waals surface area contributed by atoms with E-state index in [4.69, 9.17) is 0 Å². The van der Waals surface area contributed by atoms with Crippen molar-refractivity contribution in [1.82, 2.24) is 19.8 Å². The fraction of sp³-hybridized carbons (Fsp3) is 0.526. The van der Waals surface area contributed by atoms with Crippen LogP contribution < -0.4 is 10.9 Å². The number of carbonyl (C=O) groups is 1. The van der Waals surface area contributed by atoms with Crippen molar-refractivity contribution in [1.29, 1.82) is 0 Å². The number of para-hydroxylation sites is 1. The molecule has 25 heavy (non-hydrogen) atoms. The van der Waals surface area contributed by atoms with Crippen LogP contribution in [0.25, 0.3) is 10.9 Å². The number of likely N-dealkylation sites (tertiary alicyclic amines) is 1. The van der Waals surface area contributed by atoms with Crippen molar-refractivity contribution in [3.63, 3.8) is 0 Å². The quantitative estimate of drug-likeness (QED) is 0.897. The summed E-state index contributed by atoms with van der Waals surface area (Å²) in [6.45, 7) is 7.25. The minimum absolute atomic E-state index is 0.0112. The molecule has 6 nitrogen and oxygen atoms in total. The normalized spacial score (nSPS) is 18.6. The van der Waals surface area contributed by atoms with Gasteiger partial charge in [-0.2, -0.15) is 0 Å². The molecule has 6 heteroatoms. The molecule has 2 heterocycles. The van der Waals surface area contributed by atoms with Gasteiger partial charge in [-0.3, -0.25) is 14.2 Å². The number of fused-ring (bicyclic) bond motifs is 1. The molecule has 0 spiro atoms. The van der Waals surface area contributed by atoms with E-state index >= 15 is 0 Å². The van der Waals surface area contributed by atoms with Crippen LogP contribution in [0.3, 0.4) is 0 Å². The van der Waals surface area contributed by atoms with E-state index < -0.39 is 0 Å². The molecule has 1 fully saturated rings. The van der Waals surface area contributed by atoms with E-state index in [1.165, 1.54) is 17.3 Å². The van der Waals surface area contributed by atoms with E-state index in [1.807, 2.05) is 6.07 Å². The van der Waals surface area contributed by atoms with Crippen LogP contribution in [0.15, 0.2) is 35.4 Å². The number of rotatable bonds is 5. The number of hydrogen-bond acceptors (Lipinski definition) is 4. The highest BCUT2D eigenvalue weighted by atomic mass is 16.2. The van der Waals surface area contributed by atoms with E-state index in [0.29, 0.717) is 29.4 Å². The van der Waals surface area contributed by atoms with Crippen LogP contribution in [0.1, 0.15) is 26.7 Å². The first-order valence-corrected chi connectivity index (χ1v) is 8.99. The lowest BCUT2D eigenvalue weighted by molar-refractivity contribution is -0.122. The lowest BCUT2D eigenvalue weighted by Crippen LogP contribution is -2.44. The first-order chi connectivity index (χ1) is 12.0. The molecule has 134 valence electrons. The van der Waals surface area contributed by atoms with Crippen molar-refractivity contribution < 1.29 is 4.79 Å². The summed E-state index contributed by atoms with van der Waals surface area (Å²) in [5.74, 6) is 0.340. The van der Waals surface area contributed by atoms with Gasteiger partial charge >= 0.3 is 0 Å². The summed E-state index contributed by atoms with van der Waals surface area (Å²) in [7, 11) is 0. The number of hydrogen-bond donors (Lipinski definition) is 1. The Morgan fingerprint density at radius 3 is 2.96 bits per heavy atom. The number of benzene rings is 1. The van der Waals surface area contributed by atoms with E-state index in [-0.39, 0.29) is 18.0 Å². The average molecular weight is 342 g/mol. The highest BCUT2D eigenvalue weighted by molar-refractivity contribution is 5.78. The summed E-state index contributed by atoms with van der Waals surface area (Å²) in [5, 5.41) is 3.52. The summed E-state index contributed by atoms with van der Waals surface area (Å²) >= 11 is 0. The topological polar surface area (TPSA) is 67.2 Å². The van der Waals surface area contributed by atoms with Crippen molar-refractivity contribution in [2.45, 2.75) is 39.3 Å². The second-order valence-electron chi connectivity index (χ2n) is 7.10. The fourth-order valence-corrected chi connectivity index (χ4v) is 3.42. The van der Waals surface area contributed by atoms with E-state index in [9.17, 15) is 9.59 Å². The Labute approximate surface area is 147 Å². The standard InChI is InChI=1S/C19H26N4O2/c1-14(2)22-9-5-6-15(11-22)10-20-18(24)12-23-13-21-17-8-4-3-7-16(17)19(23)25/h3-4,7-8,13-15H,5-6,9-12H2,1-2H3,(H,20,24). The number of carbonyl (C=O) groups excluding carboxylic acids is 1. The molecule has 1 aromatic carbocycles. The minimum atomic E-state index is -0.176. The first kappa shape index (κ1) is 17.6. The maximum atomic E-state index is 12.4. The van der Waals surface area contributed by atoms with Crippen molar-refractivity contribution in [3.05, 3.63) is 40.9 Å². The van der Waals surface area contributed by atoms with Crippen molar-refractivity contribution in [3.8, 4) is 0 Å². The third-order valence-electron chi connectivity index (χ3n) is 4.91. The summed E-state index contributed by atoms with van der Waals surface area (Å²) in [6, 6.07) is 7.73. The zero-order valence-corrected chi connectivity index (χ0v) is 14.9. The zero-order chi connectivity index (χ0) is 17.8. The van der Waals surface area contributed by atoms with Crippen LogP contribution in [0.5, 0.6) is 0 Å². The Hall–Kier alpha value is -2.21. The highest BCUT2D eigenvalue weighted by Crippen LogP contribution is 2.17. The molecule has 3 rings (SSSR count). The summed E-state index contributed by atoms with van der Waals surface area (Å²) in [5.41, 5.74) is 0.476. The molecule has 1 saturated heterocycles. The Morgan fingerprint density at radius 1 is 1.36 bits per heavy atom. The number of nitrogens with one attached hydrogen (secondary N) is 1. The molecule has 0 radical (unpaired) electrons. The molecule has 1 aliphatic heterocycles. The number of nitrogens with zero attached hydrogens (tertiary/aromatic N) is 3. The third-order valence-corrected chi connectivity index (χ3v) is 4.91. The van der Waals surface area contributed by atoms with Crippen LogP contribution in [0.4, 0.5) is 0 Å². The van der Waals surface area contributed by atoms with E-state index in [1.54, 1.807) is 18.2 Å². The average Bonchev–Trinajstić information content (AvgIpc) is 2.63. The summed E-state index contributed by atoms with van der Waals surface area (Å²) < 4.78 is 1.37. The number of aromatic nitrogens is 2. The van der Waals surface area contributed by atoms with Gasteiger partial charge in [-0.1, -0.05) is 12.1 Å². The molecule has 0 bridgehead atoms. The van der Waals surface area contributed by atoms with Gasteiger partial charge in [0, 0.05) is 19.1 Å². The predicted molar refractivity (Wildman–Crippen MR) is 98.4 cm³/mol. The lowest BCUT2D eigenvalue weighted by Gasteiger charge is -2.35. The monoisotopic (exact) mass is 342 g/mol. The highest BCUT2D eigenvalue weighted by Gasteiger charge is 2.22. The smallest absolute Gasteiger partial charge is 0.261 e. The van der Waals surface area contributed by atoms with Gasteiger partial charge < -0.3 is 10.2 Å². The van der Waals surface area contributed by atoms with Crippen molar-refractivity contribution in [2.75, 3.05) is 19.6 Å². The zero-order valence-electron chi connectivity index (χ0n) is 14.9. The van der Waals surface area contributed by atoms with Crippen LogP contribution >= 0.6 is 0 Å². The summed E-state index contributed by atoms with van der Waals surface area (Å²) in [6.07, 6.45) is 3.76. The van der Waals surface area contributed by atoms with Gasteiger partial charge in [-0.25, -0.2) is 4.98 Å². The maximum Gasteiger partial charge on any atom is 0.261 e. The second kappa shape index (κ2) is 7.78. The van der Waals surface area contributed by atoms with Crippen LogP contribution in [-0.2, 0) is 11.3 Å².